The molecule has 106 valence electrons. The normalized spacial score (nSPS) is 16.9. The number of likely N-dealkylation sites (N-methyl/N-ethyl adjacent to an activating group) is 1. The number of piperidine rings is 1. The summed E-state index contributed by atoms with van der Waals surface area (Å²) in [5, 5.41) is 0. The van der Waals surface area contributed by atoms with Crippen molar-refractivity contribution in [2.75, 3.05) is 45.2 Å². The van der Waals surface area contributed by atoms with Crippen LogP contribution in [0.15, 0.2) is 24.3 Å². The molecule has 0 aliphatic carbocycles. The second-order valence-electron chi connectivity index (χ2n) is 5.47. The van der Waals surface area contributed by atoms with Crippen LogP contribution in [0.3, 0.4) is 0 Å². The fraction of sp³-hybridized carbons (Fsp3) is 0.600. The number of nitrogens with zero attached hydrogens (tertiary/aromatic N) is 2. The van der Waals surface area contributed by atoms with Crippen LogP contribution < -0.4 is 15.4 Å². The molecule has 1 heterocycles. The summed E-state index contributed by atoms with van der Waals surface area (Å²) in [4.78, 5) is 4.51. The first-order valence-corrected chi connectivity index (χ1v) is 7.03. The van der Waals surface area contributed by atoms with Gasteiger partial charge in [-0.1, -0.05) is 0 Å². The number of hydrogen-bond donors (Lipinski definition) is 1. The van der Waals surface area contributed by atoms with Gasteiger partial charge >= 0.3 is 0 Å². The van der Waals surface area contributed by atoms with Crippen molar-refractivity contribution >= 4 is 5.69 Å². The average Bonchev–Trinajstić information content (AvgIpc) is 2.40. The quantitative estimate of drug-likeness (QED) is 0.875. The van der Waals surface area contributed by atoms with Crippen molar-refractivity contribution in [3.63, 3.8) is 0 Å². The summed E-state index contributed by atoms with van der Waals surface area (Å²) in [6.07, 6.45) is 2.17. The molecule has 1 aromatic rings. The van der Waals surface area contributed by atoms with Crippen LogP contribution in [-0.4, -0.2) is 51.3 Å². The maximum atomic E-state index is 5.93. The molecule has 1 saturated heterocycles. The molecule has 0 bridgehead atoms. The number of hydrogen-bond acceptors (Lipinski definition) is 4. The van der Waals surface area contributed by atoms with Crippen molar-refractivity contribution in [1.29, 1.82) is 0 Å². The lowest BCUT2D eigenvalue weighted by Crippen LogP contribution is -2.39. The van der Waals surface area contributed by atoms with E-state index in [9.17, 15) is 0 Å². The monoisotopic (exact) mass is 263 g/mol. The molecular weight excluding hydrogens is 238 g/mol. The second-order valence-corrected chi connectivity index (χ2v) is 5.47. The molecule has 1 aliphatic heterocycles. The van der Waals surface area contributed by atoms with Crippen LogP contribution in [0.1, 0.15) is 12.8 Å². The van der Waals surface area contributed by atoms with Gasteiger partial charge in [-0.2, -0.15) is 0 Å². The standard InChI is InChI=1S/C15H25N3O/c1-17(2)11-12-19-15-5-3-14(4-6-15)18-9-7-13(16)8-10-18/h3-6,13H,7-12,16H2,1-2H3. The van der Waals surface area contributed by atoms with Crippen LogP contribution in [0.4, 0.5) is 5.69 Å². The summed E-state index contributed by atoms with van der Waals surface area (Å²) in [5.41, 5.74) is 7.20. The Morgan fingerprint density at radius 1 is 1.21 bits per heavy atom. The van der Waals surface area contributed by atoms with E-state index in [0.29, 0.717) is 6.04 Å². The van der Waals surface area contributed by atoms with Gasteiger partial charge in [0.25, 0.3) is 0 Å². The molecule has 0 saturated carbocycles. The highest BCUT2D eigenvalue weighted by atomic mass is 16.5. The zero-order valence-corrected chi connectivity index (χ0v) is 12.0. The van der Waals surface area contributed by atoms with Gasteiger partial charge in [0.05, 0.1) is 0 Å². The van der Waals surface area contributed by atoms with E-state index in [1.165, 1.54) is 5.69 Å². The Kier molecular flexibility index (Phi) is 5.05. The van der Waals surface area contributed by atoms with Gasteiger partial charge in [-0.3, -0.25) is 0 Å². The van der Waals surface area contributed by atoms with Crippen molar-refractivity contribution in [1.82, 2.24) is 4.90 Å². The van der Waals surface area contributed by atoms with Crippen LogP contribution in [0.5, 0.6) is 5.75 Å². The molecule has 0 amide bonds. The second kappa shape index (κ2) is 6.78. The first-order chi connectivity index (χ1) is 9.15. The van der Waals surface area contributed by atoms with Crippen LogP contribution in [-0.2, 0) is 0 Å². The Bertz CT molecular complexity index is 369. The summed E-state index contributed by atoms with van der Waals surface area (Å²) in [7, 11) is 4.10. The van der Waals surface area contributed by atoms with Crippen LogP contribution in [0.25, 0.3) is 0 Å². The van der Waals surface area contributed by atoms with Gasteiger partial charge in [-0.15, -0.1) is 0 Å². The van der Waals surface area contributed by atoms with Crippen LogP contribution in [0.2, 0.25) is 0 Å². The van der Waals surface area contributed by atoms with Crippen LogP contribution >= 0.6 is 0 Å². The number of nitrogens with two attached hydrogens (primary N) is 1. The van der Waals surface area contributed by atoms with Gasteiger partial charge in [0.2, 0.25) is 0 Å². The first kappa shape index (κ1) is 14.2. The summed E-state index contributed by atoms with van der Waals surface area (Å²) < 4.78 is 5.70. The zero-order valence-electron chi connectivity index (χ0n) is 12.0. The highest BCUT2D eigenvalue weighted by Crippen LogP contribution is 2.22. The third kappa shape index (κ3) is 4.40. The Balaban J connectivity index is 1.84. The highest BCUT2D eigenvalue weighted by Gasteiger charge is 2.16. The average molecular weight is 263 g/mol. The third-order valence-electron chi connectivity index (χ3n) is 3.55. The van der Waals surface area contributed by atoms with E-state index in [4.69, 9.17) is 10.5 Å². The number of anilines is 1. The third-order valence-corrected chi connectivity index (χ3v) is 3.55. The minimum Gasteiger partial charge on any atom is -0.492 e. The molecule has 0 atom stereocenters. The maximum absolute atomic E-state index is 5.93. The lowest BCUT2D eigenvalue weighted by molar-refractivity contribution is 0.261. The molecule has 1 aliphatic rings. The van der Waals surface area contributed by atoms with Gasteiger partial charge in [0.1, 0.15) is 12.4 Å². The Hall–Kier alpha value is -1.26. The van der Waals surface area contributed by atoms with Crippen molar-refractivity contribution < 1.29 is 4.74 Å². The van der Waals surface area contributed by atoms with E-state index in [-0.39, 0.29) is 0 Å². The van der Waals surface area contributed by atoms with E-state index in [2.05, 4.69) is 34.1 Å². The minimum absolute atomic E-state index is 0.380. The van der Waals surface area contributed by atoms with Crippen molar-refractivity contribution in [2.24, 2.45) is 5.73 Å². The topological polar surface area (TPSA) is 41.7 Å². The Morgan fingerprint density at radius 2 is 1.84 bits per heavy atom. The summed E-state index contributed by atoms with van der Waals surface area (Å²) in [6, 6.07) is 8.77. The molecule has 0 aromatic heterocycles. The zero-order chi connectivity index (χ0) is 13.7. The predicted molar refractivity (Wildman–Crippen MR) is 79.9 cm³/mol. The van der Waals surface area contributed by atoms with E-state index in [1.54, 1.807) is 0 Å². The molecule has 2 rings (SSSR count). The minimum atomic E-state index is 0.380. The lowest BCUT2D eigenvalue weighted by atomic mass is 10.1. The molecule has 4 nitrogen and oxygen atoms in total. The van der Waals surface area contributed by atoms with Gasteiger partial charge < -0.3 is 20.3 Å². The first-order valence-electron chi connectivity index (χ1n) is 7.03. The number of rotatable bonds is 5. The smallest absolute Gasteiger partial charge is 0.119 e. The van der Waals surface area contributed by atoms with E-state index >= 15 is 0 Å². The Labute approximate surface area is 116 Å². The highest BCUT2D eigenvalue weighted by molar-refractivity contribution is 5.49. The molecule has 0 spiro atoms. The van der Waals surface area contributed by atoms with Gasteiger partial charge in [-0.25, -0.2) is 0 Å². The molecule has 19 heavy (non-hydrogen) atoms. The molecule has 0 unspecified atom stereocenters. The largest absolute Gasteiger partial charge is 0.492 e. The van der Waals surface area contributed by atoms with E-state index in [1.807, 2.05) is 14.1 Å². The molecular formula is C15H25N3O. The van der Waals surface area contributed by atoms with Crippen molar-refractivity contribution in [3.05, 3.63) is 24.3 Å². The number of benzene rings is 1. The summed E-state index contributed by atoms with van der Waals surface area (Å²) >= 11 is 0. The van der Waals surface area contributed by atoms with Crippen LogP contribution in [0, 0.1) is 0 Å². The van der Waals surface area contributed by atoms with E-state index in [0.717, 1.165) is 44.8 Å². The summed E-state index contributed by atoms with van der Waals surface area (Å²) in [6.45, 7) is 3.78. The predicted octanol–water partition coefficient (Wildman–Crippen LogP) is 1.55. The van der Waals surface area contributed by atoms with Crippen molar-refractivity contribution in [2.45, 2.75) is 18.9 Å². The molecule has 0 radical (unpaired) electrons. The Morgan fingerprint density at radius 3 is 2.42 bits per heavy atom. The molecule has 4 heteroatoms. The SMILES string of the molecule is CN(C)CCOc1ccc(N2CCC(N)CC2)cc1. The fourth-order valence-electron chi connectivity index (χ4n) is 2.26. The van der Waals surface area contributed by atoms with Gasteiger partial charge in [0, 0.05) is 31.4 Å². The summed E-state index contributed by atoms with van der Waals surface area (Å²) in [5.74, 6) is 0.944. The molecule has 1 aromatic carbocycles. The van der Waals surface area contributed by atoms with Crippen molar-refractivity contribution in [3.8, 4) is 5.75 Å². The molecule has 1 fully saturated rings. The maximum Gasteiger partial charge on any atom is 0.119 e. The van der Waals surface area contributed by atoms with Gasteiger partial charge in [0.15, 0.2) is 0 Å². The van der Waals surface area contributed by atoms with Gasteiger partial charge in [-0.05, 0) is 51.2 Å². The number of ether oxygens (including phenoxy) is 1. The van der Waals surface area contributed by atoms with E-state index < -0.39 is 0 Å². The fourth-order valence-corrected chi connectivity index (χ4v) is 2.26. The lowest BCUT2D eigenvalue weighted by Gasteiger charge is -2.32. The molecule has 2 N–H and O–H groups in total.